The van der Waals surface area contributed by atoms with Crippen LogP contribution in [0.5, 0.6) is 0 Å². The molecule has 1 aliphatic heterocycles. The van der Waals surface area contributed by atoms with E-state index in [1.807, 2.05) is 18.2 Å². The summed E-state index contributed by atoms with van der Waals surface area (Å²) in [6, 6.07) is 10.3. The fourth-order valence-electron chi connectivity index (χ4n) is 3.15. The van der Waals surface area contributed by atoms with Crippen LogP contribution in [0.3, 0.4) is 0 Å². The lowest BCUT2D eigenvalue weighted by molar-refractivity contribution is -0.124. The number of hydrogen-bond donors (Lipinski definition) is 2. The molecule has 2 rings (SSSR count). The molecule has 1 aromatic carbocycles. The Morgan fingerprint density at radius 2 is 2.11 bits per heavy atom. The van der Waals surface area contributed by atoms with Crippen molar-refractivity contribution in [1.29, 1.82) is 0 Å². The van der Waals surface area contributed by atoms with Crippen molar-refractivity contribution in [2.75, 3.05) is 13.1 Å². The lowest BCUT2D eigenvalue weighted by Crippen LogP contribution is -2.45. The molecule has 0 spiro atoms. The number of nitrogens with two attached hydrogens (primary N) is 2. The second-order valence-electron chi connectivity index (χ2n) is 5.30. The fourth-order valence-corrected chi connectivity index (χ4v) is 3.15. The van der Waals surface area contributed by atoms with E-state index in [-0.39, 0.29) is 18.0 Å². The highest BCUT2D eigenvalue weighted by Crippen LogP contribution is 2.33. The normalized spacial score (nSPS) is 25.4. The predicted octanol–water partition coefficient (Wildman–Crippen LogP) is 1.27. The first-order valence-corrected chi connectivity index (χ1v) is 6.95. The van der Waals surface area contributed by atoms with Crippen LogP contribution in [-0.4, -0.2) is 29.9 Å². The first-order valence-electron chi connectivity index (χ1n) is 6.95. The summed E-state index contributed by atoms with van der Waals surface area (Å²) in [6.07, 6.45) is 1.87. The van der Waals surface area contributed by atoms with Crippen molar-refractivity contribution in [3.63, 3.8) is 0 Å². The van der Waals surface area contributed by atoms with Crippen LogP contribution in [0.4, 0.5) is 0 Å². The summed E-state index contributed by atoms with van der Waals surface area (Å²) in [5.74, 6) is 0.0763. The third-order valence-electron chi connectivity index (χ3n) is 4.17. The van der Waals surface area contributed by atoms with Crippen LogP contribution in [0.2, 0.25) is 0 Å². The summed E-state index contributed by atoms with van der Waals surface area (Å²) >= 11 is 0. The highest BCUT2D eigenvalue weighted by Gasteiger charge is 2.39. The van der Waals surface area contributed by atoms with Gasteiger partial charge in [0.05, 0.1) is 6.04 Å². The number of carbonyl (C=O) groups excluding carboxylic acids is 1. The predicted molar refractivity (Wildman–Crippen MR) is 76.3 cm³/mol. The monoisotopic (exact) mass is 261 g/mol. The standard InChI is InChI=1S/C15H23N3O/c1-11(12-5-3-2-4-6-12)18-10-8-13(7-9-16)14(18)15(17)19/h2-6,11,13-14H,7-10,16H2,1H3,(H2,17,19)/t11-,13?,14-/m0/s1. The third kappa shape index (κ3) is 2.96. The number of nitrogens with zero attached hydrogens (tertiary/aromatic N) is 1. The van der Waals surface area contributed by atoms with Gasteiger partial charge in [-0.15, -0.1) is 0 Å². The zero-order valence-electron chi connectivity index (χ0n) is 11.5. The molecule has 1 fully saturated rings. The number of carbonyl (C=O) groups is 1. The number of likely N-dealkylation sites (tertiary alicyclic amines) is 1. The highest BCUT2D eigenvalue weighted by atomic mass is 16.1. The Labute approximate surface area is 114 Å². The average Bonchev–Trinajstić information content (AvgIpc) is 2.83. The fraction of sp³-hybridized carbons (Fsp3) is 0.533. The van der Waals surface area contributed by atoms with E-state index in [9.17, 15) is 4.79 Å². The van der Waals surface area contributed by atoms with E-state index in [1.54, 1.807) is 0 Å². The minimum atomic E-state index is -0.223. The molecule has 4 nitrogen and oxygen atoms in total. The van der Waals surface area contributed by atoms with Crippen molar-refractivity contribution in [2.45, 2.75) is 31.8 Å². The van der Waals surface area contributed by atoms with E-state index in [0.717, 1.165) is 19.4 Å². The molecule has 1 aliphatic rings. The quantitative estimate of drug-likeness (QED) is 0.838. The molecule has 0 aliphatic carbocycles. The van der Waals surface area contributed by atoms with Crippen molar-refractivity contribution < 1.29 is 4.79 Å². The molecule has 1 heterocycles. The first kappa shape index (κ1) is 14.0. The van der Waals surface area contributed by atoms with Gasteiger partial charge in [-0.05, 0) is 44.3 Å². The van der Waals surface area contributed by atoms with Gasteiger partial charge < -0.3 is 11.5 Å². The van der Waals surface area contributed by atoms with Gasteiger partial charge in [0, 0.05) is 6.04 Å². The van der Waals surface area contributed by atoms with Crippen LogP contribution in [-0.2, 0) is 4.79 Å². The zero-order valence-corrected chi connectivity index (χ0v) is 11.5. The molecule has 1 amide bonds. The van der Waals surface area contributed by atoms with Crippen molar-refractivity contribution in [2.24, 2.45) is 17.4 Å². The van der Waals surface area contributed by atoms with Gasteiger partial charge in [-0.2, -0.15) is 0 Å². The first-order chi connectivity index (χ1) is 9.15. The summed E-state index contributed by atoms with van der Waals surface area (Å²) in [6.45, 7) is 3.66. The highest BCUT2D eigenvalue weighted by molar-refractivity contribution is 5.80. The molecule has 3 atom stereocenters. The average molecular weight is 261 g/mol. The molecular weight excluding hydrogens is 238 g/mol. The minimum Gasteiger partial charge on any atom is -0.368 e. The Bertz CT molecular complexity index is 421. The topological polar surface area (TPSA) is 72.3 Å². The molecule has 1 unspecified atom stereocenters. The van der Waals surface area contributed by atoms with Gasteiger partial charge in [0.25, 0.3) is 0 Å². The molecule has 1 saturated heterocycles. The smallest absolute Gasteiger partial charge is 0.235 e. The van der Waals surface area contributed by atoms with E-state index in [4.69, 9.17) is 11.5 Å². The maximum Gasteiger partial charge on any atom is 0.235 e. The molecule has 1 aromatic rings. The number of rotatable bonds is 5. The van der Waals surface area contributed by atoms with Gasteiger partial charge in [-0.25, -0.2) is 0 Å². The van der Waals surface area contributed by atoms with E-state index < -0.39 is 0 Å². The Balaban J connectivity index is 2.17. The van der Waals surface area contributed by atoms with Crippen LogP contribution in [0.25, 0.3) is 0 Å². The van der Waals surface area contributed by atoms with E-state index >= 15 is 0 Å². The number of hydrogen-bond acceptors (Lipinski definition) is 3. The Morgan fingerprint density at radius 3 is 2.68 bits per heavy atom. The Kier molecular flexibility index (Phi) is 4.56. The summed E-state index contributed by atoms with van der Waals surface area (Å²) in [5.41, 5.74) is 12.5. The van der Waals surface area contributed by atoms with Crippen molar-refractivity contribution in [3.8, 4) is 0 Å². The van der Waals surface area contributed by atoms with E-state index in [0.29, 0.717) is 12.5 Å². The summed E-state index contributed by atoms with van der Waals surface area (Å²) in [7, 11) is 0. The lowest BCUT2D eigenvalue weighted by Gasteiger charge is -2.31. The molecule has 104 valence electrons. The largest absolute Gasteiger partial charge is 0.368 e. The second-order valence-corrected chi connectivity index (χ2v) is 5.30. The lowest BCUT2D eigenvalue weighted by atomic mass is 9.95. The van der Waals surface area contributed by atoms with Crippen LogP contribution < -0.4 is 11.5 Å². The van der Waals surface area contributed by atoms with Gasteiger partial charge in [-0.3, -0.25) is 9.69 Å². The molecule has 0 bridgehead atoms. The van der Waals surface area contributed by atoms with Gasteiger partial charge >= 0.3 is 0 Å². The molecule has 4 heteroatoms. The van der Waals surface area contributed by atoms with Crippen LogP contribution >= 0.6 is 0 Å². The number of primary amides is 1. The number of amides is 1. The van der Waals surface area contributed by atoms with Gasteiger partial charge in [0.2, 0.25) is 5.91 Å². The maximum atomic E-state index is 11.8. The van der Waals surface area contributed by atoms with Crippen LogP contribution in [0.15, 0.2) is 30.3 Å². The summed E-state index contributed by atoms with van der Waals surface area (Å²) in [4.78, 5) is 14.0. The zero-order chi connectivity index (χ0) is 13.8. The van der Waals surface area contributed by atoms with Crippen molar-refractivity contribution in [1.82, 2.24) is 4.90 Å². The molecule has 0 radical (unpaired) electrons. The van der Waals surface area contributed by atoms with Gasteiger partial charge in [0.1, 0.15) is 0 Å². The molecule has 19 heavy (non-hydrogen) atoms. The van der Waals surface area contributed by atoms with E-state index in [2.05, 4.69) is 24.0 Å². The second kappa shape index (κ2) is 6.17. The third-order valence-corrected chi connectivity index (χ3v) is 4.17. The van der Waals surface area contributed by atoms with Gasteiger partial charge in [0.15, 0.2) is 0 Å². The van der Waals surface area contributed by atoms with Crippen LogP contribution in [0.1, 0.15) is 31.4 Å². The van der Waals surface area contributed by atoms with Crippen LogP contribution in [0, 0.1) is 5.92 Å². The molecule has 0 saturated carbocycles. The van der Waals surface area contributed by atoms with Gasteiger partial charge in [-0.1, -0.05) is 30.3 Å². The number of benzene rings is 1. The van der Waals surface area contributed by atoms with Crippen molar-refractivity contribution >= 4 is 5.91 Å². The van der Waals surface area contributed by atoms with E-state index in [1.165, 1.54) is 5.56 Å². The molecule has 4 N–H and O–H groups in total. The van der Waals surface area contributed by atoms with Crippen molar-refractivity contribution in [3.05, 3.63) is 35.9 Å². The SMILES string of the molecule is C[C@@H](c1ccccc1)N1CCC(CCN)[C@H]1C(N)=O. The Morgan fingerprint density at radius 1 is 1.42 bits per heavy atom. The Hall–Kier alpha value is -1.39. The summed E-state index contributed by atoms with van der Waals surface area (Å²) in [5, 5.41) is 0. The minimum absolute atomic E-state index is 0.182. The molecule has 0 aromatic heterocycles. The summed E-state index contributed by atoms with van der Waals surface area (Å²) < 4.78 is 0. The molecular formula is C15H23N3O. The maximum absolute atomic E-state index is 11.8.